The molecular formula is C30H24ClNO5S3. The van der Waals surface area contributed by atoms with Gasteiger partial charge in [0, 0.05) is 48.6 Å². The summed E-state index contributed by atoms with van der Waals surface area (Å²) in [6.45, 7) is 0. The van der Waals surface area contributed by atoms with Gasteiger partial charge in [0.1, 0.15) is 5.71 Å². The molecule has 0 aliphatic heterocycles. The van der Waals surface area contributed by atoms with Gasteiger partial charge in [-0.3, -0.25) is 13.9 Å². The highest BCUT2D eigenvalue weighted by atomic mass is 35.5. The van der Waals surface area contributed by atoms with E-state index in [9.17, 15) is 18.0 Å². The Balaban J connectivity index is 1.41. The van der Waals surface area contributed by atoms with Crippen molar-refractivity contribution in [2.45, 2.75) is 21.1 Å². The van der Waals surface area contributed by atoms with Gasteiger partial charge in [0.25, 0.3) is 0 Å². The minimum Gasteiger partial charge on any atom is -0.289 e. The molecule has 0 aliphatic rings. The first-order chi connectivity index (χ1) is 19.2. The van der Waals surface area contributed by atoms with Gasteiger partial charge in [-0.2, -0.15) is 8.42 Å². The van der Waals surface area contributed by atoms with Gasteiger partial charge < -0.3 is 0 Å². The van der Waals surface area contributed by atoms with Crippen molar-refractivity contribution in [1.82, 2.24) is 0 Å². The lowest BCUT2D eigenvalue weighted by Gasteiger charge is -2.08. The molecule has 0 saturated carbocycles. The van der Waals surface area contributed by atoms with Crippen LogP contribution in [-0.4, -0.2) is 37.7 Å². The van der Waals surface area contributed by atoms with Gasteiger partial charge in [-0.1, -0.05) is 58.9 Å². The van der Waals surface area contributed by atoms with Crippen LogP contribution >= 0.6 is 35.1 Å². The van der Waals surface area contributed by atoms with Crippen LogP contribution in [0.5, 0.6) is 0 Å². The molecule has 0 saturated heterocycles. The zero-order chi connectivity index (χ0) is 28.5. The Morgan fingerprint density at radius 1 is 0.750 bits per heavy atom. The van der Waals surface area contributed by atoms with Crippen LogP contribution in [0.4, 0.5) is 0 Å². The molecule has 204 valence electrons. The van der Waals surface area contributed by atoms with E-state index in [-0.39, 0.29) is 17.9 Å². The fraction of sp³-hybridized carbons (Fsp3) is 0.100. The zero-order valence-corrected chi connectivity index (χ0v) is 24.5. The molecule has 0 unspecified atom stereocenters. The number of nitrogens with zero attached hydrogens (tertiary/aromatic N) is 1. The Morgan fingerprint density at radius 3 is 1.85 bits per heavy atom. The third-order valence-corrected chi connectivity index (χ3v) is 8.10. The van der Waals surface area contributed by atoms with Crippen molar-refractivity contribution in [3.63, 3.8) is 0 Å². The summed E-state index contributed by atoms with van der Waals surface area (Å²) >= 11 is 8.90. The highest BCUT2D eigenvalue weighted by molar-refractivity contribution is 7.99. The Labute approximate surface area is 246 Å². The number of halogens is 1. The molecule has 0 aromatic heterocycles. The average Bonchev–Trinajstić information content (AvgIpc) is 2.96. The van der Waals surface area contributed by atoms with Crippen LogP contribution < -0.4 is 0 Å². The van der Waals surface area contributed by atoms with Crippen molar-refractivity contribution >= 4 is 62.5 Å². The first-order valence-electron chi connectivity index (χ1n) is 12.0. The van der Waals surface area contributed by atoms with Crippen LogP contribution in [-0.2, 0) is 14.4 Å². The summed E-state index contributed by atoms with van der Waals surface area (Å²) in [7, 11) is -3.87. The fourth-order valence-corrected chi connectivity index (χ4v) is 5.54. The van der Waals surface area contributed by atoms with Gasteiger partial charge in [-0.15, -0.1) is 11.8 Å². The number of hydrogen-bond acceptors (Lipinski definition) is 8. The predicted molar refractivity (Wildman–Crippen MR) is 161 cm³/mol. The Hall–Kier alpha value is -3.37. The molecule has 0 N–H and O–H groups in total. The first-order valence-corrected chi connectivity index (χ1v) is 16.0. The summed E-state index contributed by atoms with van der Waals surface area (Å²) in [5.41, 5.74) is 1.61. The maximum Gasteiger partial charge on any atom is 0.325 e. The third-order valence-electron chi connectivity index (χ3n) is 5.47. The van der Waals surface area contributed by atoms with Crippen LogP contribution in [0.2, 0.25) is 5.02 Å². The molecule has 10 heteroatoms. The average molecular weight is 610 g/mol. The number of carbonyl (C=O) groups is 2. The normalized spacial score (nSPS) is 11.7. The van der Waals surface area contributed by atoms with Gasteiger partial charge in [-0.25, -0.2) is 0 Å². The van der Waals surface area contributed by atoms with Crippen molar-refractivity contribution in [2.24, 2.45) is 5.16 Å². The summed E-state index contributed by atoms with van der Waals surface area (Å²) in [5, 5.41) is 4.29. The first kappa shape index (κ1) is 29.6. The lowest BCUT2D eigenvalue weighted by Crippen LogP contribution is -2.17. The molecule has 4 rings (SSSR count). The summed E-state index contributed by atoms with van der Waals surface area (Å²) in [6, 6.07) is 30.7. The number of ketones is 2. The minimum absolute atomic E-state index is 0.00552. The van der Waals surface area contributed by atoms with E-state index in [2.05, 4.69) is 9.44 Å². The molecule has 6 nitrogen and oxygen atoms in total. The van der Waals surface area contributed by atoms with Gasteiger partial charge in [0.2, 0.25) is 5.78 Å². The highest BCUT2D eigenvalue weighted by Crippen LogP contribution is 2.29. The number of hydrogen-bond donors (Lipinski definition) is 0. The van der Waals surface area contributed by atoms with Crippen LogP contribution in [0.25, 0.3) is 0 Å². The van der Waals surface area contributed by atoms with Crippen molar-refractivity contribution in [3.8, 4) is 0 Å². The van der Waals surface area contributed by atoms with E-state index in [1.807, 2.05) is 42.5 Å². The number of carbonyl (C=O) groups excluding carboxylic acids is 2. The molecule has 4 aromatic carbocycles. The molecule has 0 radical (unpaired) electrons. The van der Waals surface area contributed by atoms with Crippen molar-refractivity contribution in [2.75, 3.05) is 12.0 Å². The third kappa shape index (κ3) is 8.82. The van der Waals surface area contributed by atoms with Crippen molar-refractivity contribution < 1.29 is 22.3 Å². The van der Waals surface area contributed by atoms with Crippen LogP contribution in [0.3, 0.4) is 0 Å². The molecule has 0 fully saturated rings. The second kappa shape index (κ2) is 13.8. The topological polar surface area (TPSA) is 89.9 Å². The molecule has 0 bridgehead atoms. The SMILES string of the molecule is CS(=O)(=O)ON=C(CCSc1ccc(Cl)cc1)C(=O)c1ccc(Sc2ccc(C(=O)c3ccccc3)cc2)cc1. The minimum atomic E-state index is -3.87. The van der Waals surface area contributed by atoms with E-state index in [0.717, 1.165) is 20.9 Å². The maximum absolute atomic E-state index is 13.2. The summed E-state index contributed by atoms with van der Waals surface area (Å²) in [4.78, 5) is 28.6. The Bertz CT molecular complexity index is 1610. The maximum atomic E-state index is 13.2. The molecular weight excluding hydrogens is 586 g/mol. The fourth-order valence-electron chi connectivity index (χ4n) is 3.52. The molecule has 4 aromatic rings. The van der Waals surface area contributed by atoms with Gasteiger partial charge in [-0.05, 0) is 72.8 Å². The van der Waals surface area contributed by atoms with E-state index < -0.39 is 15.9 Å². The Kier molecular flexibility index (Phi) is 10.2. The second-order valence-electron chi connectivity index (χ2n) is 8.54. The lowest BCUT2D eigenvalue weighted by molar-refractivity contribution is 0.103. The van der Waals surface area contributed by atoms with Gasteiger partial charge in [0.05, 0.1) is 6.26 Å². The molecule has 0 amide bonds. The molecule has 0 heterocycles. The van der Waals surface area contributed by atoms with E-state index in [0.29, 0.717) is 27.5 Å². The van der Waals surface area contributed by atoms with Crippen molar-refractivity contribution in [3.05, 3.63) is 125 Å². The van der Waals surface area contributed by atoms with Crippen molar-refractivity contribution in [1.29, 1.82) is 0 Å². The molecule has 0 spiro atoms. The van der Waals surface area contributed by atoms with E-state index >= 15 is 0 Å². The number of oxime groups is 1. The molecule has 0 atom stereocenters. The smallest absolute Gasteiger partial charge is 0.289 e. The summed E-state index contributed by atoms with van der Waals surface area (Å²) in [6.07, 6.45) is 1.07. The highest BCUT2D eigenvalue weighted by Gasteiger charge is 2.17. The monoisotopic (exact) mass is 609 g/mol. The quantitative estimate of drug-likeness (QED) is 0.0714. The van der Waals surface area contributed by atoms with E-state index in [4.69, 9.17) is 11.6 Å². The number of Topliss-reactive ketones (excluding diaryl/α,β-unsaturated/α-hetero) is 1. The lowest BCUT2D eigenvalue weighted by atomic mass is 10.0. The van der Waals surface area contributed by atoms with Gasteiger partial charge >= 0.3 is 10.1 Å². The zero-order valence-electron chi connectivity index (χ0n) is 21.3. The number of rotatable bonds is 12. The van der Waals surface area contributed by atoms with E-state index in [1.165, 1.54) is 23.5 Å². The van der Waals surface area contributed by atoms with Crippen LogP contribution in [0.15, 0.2) is 123 Å². The summed E-state index contributed by atoms with van der Waals surface area (Å²) < 4.78 is 27.6. The number of thioether (sulfide) groups is 1. The number of benzene rings is 4. The largest absolute Gasteiger partial charge is 0.325 e. The summed E-state index contributed by atoms with van der Waals surface area (Å²) in [5.74, 6) is 0.0281. The van der Waals surface area contributed by atoms with Gasteiger partial charge in [0.15, 0.2) is 5.78 Å². The molecule has 0 aliphatic carbocycles. The second-order valence-corrected chi connectivity index (χ2v) is 12.9. The molecule has 40 heavy (non-hydrogen) atoms. The predicted octanol–water partition coefficient (Wildman–Crippen LogP) is 7.42. The standard InChI is InChI=1S/C30H24ClNO5S3/c1-40(35,36)37-32-28(19-20-38-25-17-11-24(31)12-18-25)30(34)23-9-15-27(16-10-23)39-26-13-7-22(8-14-26)29(33)21-5-3-2-4-6-21/h2-18H,19-20H2,1H3. The van der Waals surface area contributed by atoms with Crippen LogP contribution in [0, 0.1) is 0 Å². The van der Waals surface area contributed by atoms with E-state index in [1.54, 1.807) is 60.7 Å². The van der Waals surface area contributed by atoms with Crippen LogP contribution in [0.1, 0.15) is 32.7 Å². The Morgan fingerprint density at radius 2 is 1.27 bits per heavy atom.